The Balaban J connectivity index is 0.00000400. The van der Waals surface area contributed by atoms with Crippen molar-refractivity contribution in [3.63, 3.8) is 0 Å². The summed E-state index contributed by atoms with van der Waals surface area (Å²) >= 11 is 0. The van der Waals surface area contributed by atoms with E-state index < -0.39 is 0 Å². The van der Waals surface area contributed by atoms with E-state index in [1.165, 1.54) is 18.3 Å². The van der Waals surface area contributed by atoms with Gasteiger partial charge in [0.05, 0.1) is 11.8 Å². The van der Waals surface area contributed by atoms with Crippen LogP contribution < -0.4 is 14.2 Å². The van der Waals surface area contributed by atoms with Crippen LogP contribution in [0.3, 0.4) is 0 Å². The van der Waals surface area contributed by atoms with Gasteiger partial charge < -0.3 is 18.8 Å². The van der Waals surface area contributed by atoms with Crippen molar-refractivity contribution in [2.45, 2.75) is 0 Å². The van der Waals surface area contributed by atoms with Crippen LogP contribution in [0, 0.1) is 17.9 Å². The number of ether oxygens (including phenoxy) is 3. The zero-order valence-electron chi connectivity index (χ0n) is 27.8. The Hall–Kier alpha value is -6.50. The van der Waals surface area contributed by atoms with E-state index in [4.69, 9.17) is 19.3 Å². The fourth-order valence-electron chi connectivity index (χ4n) is 6.22. The molecule has 258 valence electrons. The molecule has 0 unspecified atom stereocenters. The molecule has 3 heterocycles. The molecule has 0 aliphatic rings. The fourth-order valence-corrected chi connectivity index (χ4v) is 6.22. The van der Waals surface area contributed by atoms with Gasteiger partial charge in [-0.3, -0.25) is 4.68 Å². The summed E-state index contributed by atoms with van der Waals surface area (Å²) in [5.74, 6) is 3.67. The largest absolute Gasteiger partial charge is 2.00 e. The Morgan fingerprint density at radius 3 is 2.02 bits per heavy atom. The van der Waals surface area contributed by atoms with E-state index in [1.54, 1.807) is 10.9 Å². The van der Waals surface area contributed by atoms with Crippen molar-refractivity contribution < 1.29 is 39.7 Å². The molecule has 53 heavy (non-hydrogen) atoms. The van der Waals surface area contributed by atoms with Crippen molar-refractivity contribution in [3.8, 4) is 57.1 Å². The molecule has 9 aromatic rings. The number of aromatic nitrogens is 4. The van der Waals surface area contributed by atoms with Crippen molar-refractivity contribution in [2.75, 3.05) is 0 Å². The summed E-state index contributed by atoms with van der Waals surface area (Å²) in [7, 11) is 0. The number of benzene rings is 6. The molecule has 0 N–H and O–H groups in total. The number of hydrogen-bond acceptors (Lipinski definition) is 5. The molecule has 0 radical (unpaired) electrons. The van der Waals surface area contributed by atoms with Gasteiger partial charge in [0, 0.05) is 41.0 Å². The van der Waals surface area contributed by atoms with Crippen LogP contribution in [0.1, 0.15) is 0 Å². The van der Waals surface area contributed by atoms with Gasteiger partial charge in [-0.15, -0.1) is 35.7 Å². The van der Waals surface area contributed by atoms with E-state index in [1.807, 2.05) is 144 Å². The van der Waals surface area contributed by atoms with Gasteiger partial charge in [0.15, 0.2) is 0 Å². The molecular weight excluding hydrogens is 847 g/mol. The topological polar surface area (TPSA) is 63.3 Å². The zero-order valence-corrected chi connectivity index (χ0v) is 30.1. The van der Waals surface area contributed by atoms with E-state index in [2.05, 4.69) is 17.1 Å². The van der Waals surface area contributed by atoms with E-state index in [-0.39, 0.29) is 26.9 Å². The molecule has 0 aliphatic carbocycles. The summed E-state index contributed by atoms with van der Waals surface area (Å²) in [6, 6.07) is 51.8. The summed E-state index contributed by atoms with van der Waals surface area (Å²) in [4.78, 5) is 4.45. The minimum absolute atomic E-state index is 0. The first-order chi connectivity index (χ1) is 25.7. The Morgan fingerprint density at radius 2 is 1.28 bits per heavy atom. The third kappa shape index (κ3) is 6.80. The summed E-state index contributed by atoms with van der Waals surface area (Å²) in [6.07, 6.45) is 5.13. The monoisotopic (exact) mass is 873 g/mol. The molecule has 7 nitrogen and oxygen atoms in total. The van der Waals surface area contributed by atoms with Crippen molar-refractivity contribution in [2.24, 2.45) is 0 Å². The van der Waals surface area contributed by atoms with Gasteiger partial charge in [0.25, 0.3) is 0 Å². The number of nitrogens with zero attached hydrogens (tertiary/aromatic N) is 4. The number of fused-ring (bicyclic) bond motifs is 3. The van der Waals surface area contributed by atoms with Gasteiger partial charge in [-0.1, -0.05) is 66.2 Å². The molecule has 0 fully saturated rings. The smallest absolute Gasteiger partial charge is 0.509 e. The van der Waals surface area contributed by atoms with Crippen LogP contribution in [-0.4, -0.2) is 19.3 Å². The van der Waals surface area contributed by atoms with Gasteiger partial charge >= 0.3 is 21.1 Å². The van der Waals surface area contributed by atoms with Crippen molar-refractivity contribution in [1.82, 2.24) is 19.3 Å². The summed E-state index contributed by atoms with van der Waals surface area (Å²) in [5, 5.41) is 6.64. The van der Waals surface area contributed by atoms with Crippen molar-refractivity contribution in [3.05, 3.63) is 182 Å². The fraction of sp³-hybridized carbons (Fsp3) is 0. The first-order valence-corrected chi connectivity index (χ1v) is 16.6. The molecule has 0 saturated heterocycles. The molecule has 9 rings (SSSR count). The average Bonchev–Trinajstić information content (AvgIpc) is 3.79. The number of hydrogen-bond donors (Lipinski definition) is 0. The SMILES string of the molecule is Fc1ccnc(-n2c3[c-]c(Oc4[c-]c(-n5cc(-c6c(Oc7ccccc7)cccc6Oc6ccccc6)cn5)ccc4)ccc3c3ccccc32)c1.[Pt+2]. The quantitative estimate of drug-likeness (QED) is 0.135. The Labute approximate surface area is 318 Å². The van der Waals surface area contributed by atoms with E-state index in [9.17, 15) is 4.39 Å². The van der Waals surface area contributed by atoms with Gasteiger partial charge in [-0.05, 0) is 59.6 Å². The minimum Gasteiger partial charge on any atom is -0.509 e. The Bertz CT molecular complexity index is 2640. The van der Waals surface area contributed by atoms with Gasteiger partial charge in [0.2, 0.25) is 0 Å². The first-order valence-electron chi connectivity index (χ1n) is 16.6. The normalized spacial score (nSPS) is 11.0. The molecular formula is C44H27FN4O3Pt. The molecule has 3 aromatic heterocycles. The number of halogens is 1. The third-order valence-electron chi connectivity index (χ3n) is 8.51. The second-order valence-corrected chi connectivity index (χ2v) is 11.9. The maximum Gasteiger partial charge on any atom is 2.00 e. The standard InChI is InChI=1S/C44H27FN4O3.Pt/c45-31-23-24-46-43(25-31)49-39-18-8-7-17-37(39)38-22-21-36(27-40(38)49)50-35-16-9-11-32(26-35)48-29-30(28-47-48)44-41(51-33-12-3-1-4-13-33)19-10-20-42(44)52-34-14-5-2-6-15-34;/h1-25,28-29H;/q-2;+2. The minimum atomic E-state index is -0.372. The third-order valence-corrected chi connectivity index (χ3v) is 8.51. The molecule has 0 bridgehead atoms. The molecule has 9 heteroatoms. The van der Waals surface area contributed by atoms with Crippen LogP contribution in [0.5, 0.6) is 34.5 Å². The van der Waals surface area contributed by atoms with Crippen LogP contribution in [0.25, 0.3) is 44.4 Å². The van der Waals surface area contributed by atoms with Crippen LogP contribution >= 0.6 is 0 Å². The molecule has 0 atom stereocenters. The molecule has 0 saturated carbocycles. The molecule has 6 aromatic carbocycles. The Kier molecular flexibility index (Phi) is 9.28. The van der Waals surface area contributed by atoms with Crippen molar-refractivity contribution >= 4 is 21.8 Å². The average molecular weight is 874 g/mol. The number of para-hydroxylation sites is 3. The second-order valence-electron chi connectivity index (χ2n) is 11.9. The predicted molar refractivity (Wildman–Crippen MR) is 198 cm³/mol. The van der Waals surface area contributed by atoms with Gasteiger partial charge in [0.1, 0.15) is 34.6 Å². The summed E-state index contributed by atoms with van der Waals surface area (Å²) in [5.41, 5.74) is 3.80. The van der Waals surface area contributed by atoms with Crippen LogP contribution in [-0.2, 0) is 21.1 Å². The molecule has 0 aliphatic heterocycles. The summed E-state index contributed by atoms with van der Waals surface area (Å²) < 4.78 is 37.0. The van der Waals surface area contributed by atoms with E-state index >= 15 is 0 Å². The van der Waals surface area contributed by atoms with E-state index in [0.29, 0.717) is 46.0 Å². The zero-order chi connectivity index (χ0) is 34.9. The molecule has 0 amide bonds. The van der Waals surface area contributed by atoms with E-state index in [0.717, 1.165) is 32.9 Å². The van der Waals surface area contributed by atoms with Crippen LogP contribution in [0.15, 0.2) is 164 Å². The first kappa shape index (κ1) is 33.6. The van der Waals surface area contributed by atoms with Crippen LogP contribution in [0.2, 0.25) is 0 Å². The predicted octanol–water partition coefficient (Wildman–Crippen LogP) is 11.1. The van der Waals surface area contributed by atoms with Gasteiger partial charge in [-0.2, -0.15) is 17.2 Å². The Morgan fingerprint density at radius 1 is 0.604 bits per heavy atom. The number of pyridine rings is 1. The maximum atomic E-state index is 14.3. The molecule has 0 spiro atoms. The number of rotatable bonds is 9. The van der Waals surface area contributed by atoms with Crippen molar-refractivity contribution in [1.29, 1.82) is 0 Å². The van der Waals surface area contributed by atoms with Gasteiger partial charge in [-0.25, -0.2) is 9.37 Å². The second kappa shape index (κ2) is 14.6. The maximum absolute atomic E-state index is 14.3. The summed E-state index contributed by atoms with van der Waals surface area (Å²) in [6.45, 7) is 0. The van der Waals surface area contributed by atoms with Crippen LogP contribution in [0.4, 0.5) is 4.39 Å².